The Kier molecular flexibility index (Phi) is 4.72. The largest absolute Gasteiger partial charge is 0.392 e. The van der Waals surface area contributed by atoms with E-state index in [1.165, 1.54) is 12.1 Å². The molecule has 1 heterocycles. The first-order valence-electron chi connectivity index (χ1n) is 6.67. The van der Waals surface area contributed by atoms with Gasteiger partial charge in [0.05, 0.1) is 23.0 Å². The van der Waals surface area contributed by atoms with Crippen molar-refractivity contribution in [2.45, 2.75) is 37.3 Å². The smallest absolute Gasteiger partial charge is 0.240 e. The van der Waals surface area contributed by atoms with Crippen LogP contribution in [0.15, 0.2) is 23.1 Å². The van der Waals surface area contributed by atoms with E-state index in [-0.39, 0.29) is 29.0 Å². The quantitative estimate of drug-likeness (QED) is 0.828. The third kappa shape index (κ3) is 4.03. The van der Waals surface area contributed by atoms with Crippen molar-refractivity contribution >= 4 is 19.9 Å². The van der Waals surface area contributed by atoms with Gasteiger partial charge in [0.15, 0.2) is 0 Å². The predicted octanol–water partition coefficient (Wildman–Crippen LogP) is 0.343. The molecule has 0 amide bonds. The summed E-state index contributed by atoms with van der Waals surface area (Å²) < 4.78 is 49.8. The highest BCUT2D eigenvalue weighted by molar-refractivity contribution is 7.91. The molecule has 0 aromatic heterocycles. The second-order valence-electron chi connectivity index (χ2n) is 5.29. The minimum atomic E-state index is -3.70. The molecule has 0 aliphatic carbocycles. The Bertz CT molecular complexity index is 711. The van der Waals surface area contributed by atoms with Gasteiger partial charge in [0.25, 0.3) is 0 Å². The van der Waals surface area contributed by atoms with E-state index in [9.17, 15) is 21.9 Å². The Balaban J connectivity index is 2.16. The molecule has 0 bridgehead atoms. The van der Waals surface area contributed by atoms with Crippen LogP contribution in [-0.2, 0) is 26.5 Å². The van der Waals surface area contributed by atoms with Crippen LogP contribution in [-0.4, -0.2) is 39.5 Å². The molecule has 2 N–H and O–H groups in total. The number of rotatable bonds is 4. The molecule has 0 saturated carbocycles. The number of aliphatic hydroxyl groups excluding tert-OH is 1. The molecule has 6 nitrogen and oxygen atoms in total. The van der Waals surface area contributed by atoms with E-state index in [1.807, 2.05) is 0 Å². The van der Waals surface area contributed by atoms with Gasteiger partial charge in [-0.05, 0) is 43.0 Å². The molecule has 1 aliphatic heterocycles. The number of benzene rings is 1. The van der Waals surface area contributed by atoms with Gasteiger partial charge in [0.2, 0.25) is 10.0 Å². The van der Waals surface area contributed by atoms with Gasteiger partial charge in [-0.2, -0.15) is 0 Å². The van der Waals surface area contributed by atoms with Crippen molar-refractivity contribution in [3.8, 4) is 0 Å². The molecule has 0 spiro atoms. The van der Waals surface area contributed by atoms with E-state index < -0.39 is 19.9 Å². The summed E-state index contributed by atoms with van der Waals surface area (Å²) in [6.45, 7) is 1.57. The average Bonchev–Trinajstić information content (AvgIpc) is 2.41. The van der Waals surface area contributed by atoms with Gasteiger partial charge in [0, 0.05) is 6.04 Å². The van der Waals surface area contributed by atoms with Gasteiger partial charge in [-0.3, -0.25) is 0 Å². The van der Waals surface area contributed by atoms with E-state index in [0.717, 1.165) is 5.56 Å². The van der Waals surface area contributed by atoms with Crippen molar-refractivity contribution < 1.29 is 21.9 Å². The third-order valence-corrected chi connectivity index (χ3v) is 6.91. The minimum Gasteiger partial charge on any atom is -0.392 e. The lowest BCUT2D eigenvalue weighted by molar-refractivity contribution is 0.280. The lowest BCUT2D eigenvalue weighted by atomic mass is 10.1. The number of hydrogen-bond donors (Lipinski definition) is 2. The van der Waals surface area contributed by atoms with E-state index >= 15 is 0 Å². The molecule has 8 heteroatoms. The summed E-state index contributed by atoms with van der Waals surface area (Å²) in [5.74, 6) is 0.0198. The van der Waals surface area contributed by atoms with Crippen LogP contribution >= 0.6 is 0 Å². The molecule has 0 atom stereocenters. The first-order chi connectivity index (χ1) is 9.73. The molecule has 1 aliphatic rings. The Hall–Kier alpha value is -0.960. The molecule has 1 fully saturated rings. The molecule has 118 valence electrons. The lowest BCUT2D eigenvalue weighted by Gasteiger charge is -2.23. The van der Waals surface area contributed by atoms with E-state index in [2.05, 4.69) is 4.72 Å². The monoisotopic (exact) mass is 333 g/mol. The van der Waals surface area contributed by atoms with E-state index in [4.69, 9.17) is 0 Å². The zero-order valence-electron chi connectivity index (χ0n) is 11.7. The summed E-state index contributed by atoms with van der Waals surface area (Å²) in [6.07, 6.45) is 0.584. The molecule has 21 heavy (non-hydrogen) atoms. The topological polar surface area (TPSA) is 101 Å². The van der Waals surface area contributed by atoms with Gasteiger partial charge in [0.1, 0.15) is 9.84 Å². The maximum atomic E-state index is 12.3. The number of sulfonamides is 1. The Morgan fingerprint density at radius 1 is 1.29 bits per heavy atom. The predicted molar refractivity (Wildman–Crippen MR) is 79.1 cm³/mol. The molecule has 0 radical (unpaired) electrons. The fraction of sp³-hybridized carbons (Fsp3) is 0.538. The van der Waals surface area contributed by atoms with Gasteiger partial charge >= 0.3 is 0 Å². The second-order valence-corrected chi connectivity index (χ2v) is 9.31. The van der Waals surface area contributed by atoms with Gasteiger partial charge in [-0.25, -0.2) is 21.6 Å². The van der Waals surface area contributed by atoms with Crippen LogP contribution in [0.3, 0.4) is 0 Å². The van der Waals surface area contributed by atoms with E-state index in [0.29, 0.717) is 18.4 Å². The van der Waals surface area contributed by atoms with Gasteiger partial charge in [-0.15, -0.1) is 0 Å². The highest BCUT2D eigenvalue weighted by Crippen LogP contribution is 2.19. The van der Waals surface area contributed by atoms with Crippen molar-refractivity contribution in [3.05, 3.63) is 29.3 Å². The number of nitrogens with one attached hydrogen (secondary N) is 1. The highest BCUT2D eigenvalue weighted by Gasteiger charge is 2.27. The van der Waals surface area contributed by atoms with E-state index in [1.54, 1.807) is 13.0 Å². The van der Waals surface area contributed by atoms with Crippen LogP contribution in [0.1, 0.15) is 24.0 Å². The Labute approximate surface area is 125 Å². The molecule has 2 rings (SSSR count). The summed E-state index contributed by atoms with van der Waals surface area (Å²) in [5.41, 5.74) is 1.38. The number of aliphatic hydroxyl groups is 1. The first-order valence-corrected chi connectivity index (χ1v) is 9.97. The molecular formula is C13H19NO5S2. The van der Waals surface area contributed by atoms with Gasteiger partial charge < -0.3 is 5.11 Å². The van der Waals surface area contributed by atoms with Crippen molar-refractivity contribution in [1.29, 1.82) is 0 Å². The highest BCUT2D eigenvalue weighted by atomic mass is 32.2. The van der Waals surface area contributed by atoms with Crippen molar-refractivity contribution in [3.63, 3.8) is 0 Å². The van der Waals surface area contributed by atoms with Crippen LogP contribution in [0, 0.1) is 6.92 Å². The minimum absolute atomic E-state index is 0.00990. The molecule has 1 saturated heterocycles. The summed E-state index contributed by atoms with van der Waals surface area (Å²) >= 11 is 0. The van der Waals surface area contributed by atoms with Crippen LogP contribution < -0.4 is 4.72 Å². The lowest BCUT2D eigenvalue weighted by Crippen LogP contribution is -2.40. The maximum absolute atomic E-state index is 12.3. The summed E-state index contributed by atoms with van der Waals surface area (Å²) in [5, 5.41) is 9.21. The summed E-state index contributed by atoms with van der Waals surface area (Å²) in [4.78, 5) is 0.0885. The molecular weight excluding hydrogens is 314 g/mol. The van der Waals surface area contributed by atoms with Crippen molar-refractivity contribution in [2.75, 3.05) is 11.5 Å². The first kappa shape index (κ1) is 16.4. The SMILES string of the molecule is Cc1ccc(S(=O)(=O)NC2CCS(=O)(=O)CC2)cc1CO. The molecule has 1 aromatic carbocycles. The molecule has 0 unspecified atom stereocenters. The summed E-state index contributed by atoms with van der Waals surface area (Å²) in [6, 6.07) is 4.21. The average molecular weight is 333 g/mol. The Morgan fingerprint density at radius 2 is 1.90 bits per heavy atom. The molecule has 1 aromatic rings. The standard InChI is InChI=1S/C13H19NO5S2/c1-10-2-3-13(8-11(10)9-15)21(18,19)14-12-4-6-20(16,17)7-5-12/h2-3,8,12,14-15H,4-7,9H2,1H3. The normalized spacial score (nSPS) is 19.5. The fourth-order valence-electron chi connectivity index (χ4n) is 2.28. The van der Waals surface area contributed by atoms with Crippen LogP contribution in [0.25, 0.3) is 0 Å². The third-order valence-electron chi connectivity index (χ3n) is 3.68. The summed E-state index contributed by atoms with van der Waals surface area (Å²) in [7, 11) is -6.72. The number of aryl methyl sites for hydroxylation is 1. The Morgan fingerprint density at radius 3 is 2.48 bits per heavy atom. The van der Waals surface area contributed by atoms with Crippen LogP contribution in [0.4, 0.5) is 0 Å². The van der Waals surface area contributed by atoms with Gasteiger partial charge in [-0.1, -0.05) is 6.07 Å². The van der Waals surface area contributed by atoms with Crippen molar-refractivity contribution in [1.82, 2.24) is 4.72 Å². The van der Waals surface area contributed by atoms with Crippen LogP contribution in [0.5, 0.6) is 0 Å². The number of sulfone groups is 1. The van der Waals surface area contributed by atoms with Crippen molar-refractivity contribution in [2.24, 2.45) is 0 Å². The number of hydrogen-bond acceptors (Lipinski definition) is 5. The maximum Gasteiger partial charge on any atom is 0.240 e. The zero-order valence-corrected chi connectivity index (χ0v) is 13.4. The zero-order chi connectivity index (χ0) is 15.7. The second kappa shape index (κ2) is 6.04. The van der Waals surface area contributed by atoms with Crippen LogP contribution in [0.2, 0.25) is 0 Å². The fourth-order valence-corrected chi connectivity index (χ4v) is 5.13.